The Balaban J connectivity index is 2.46. The van der Waals surface area contributed by atoms with Gasteiger partial charge in [-0.05, 0) is 12.8 Å². The molecule has 0 unspecified atom stereocenters. The standard InChI is InChI=1S/C9H13NO5/c11-7(12)4-6(9(14)15)10-8(13)5-2-1-3-5/h5-6H,1-4H2,(H,10,13)(H,11,12)(H,14,15)/t6-/m1/s1. The quantitative estimate of drug-likeness (QED) is 0.590. The zero-order chi connectivity index (χ0) is 11.4. The van der Waals surface area contributed by atoms with E-state index in [9.17, 15) is 14.4 Å². The first-order chi connectivity index (χ1) is 7.00. The minimum Gasteiger partial charge on any atom is -0.481 e. The molecule has 84 valence electrons. The Morgan fingerprint density at radius 3 is 2.20 bits per heavy atom. The minimum atomic E-state index is -1.32. The Kier molecular flexibility index (Phi) is 3.65. The number of aliphatic carboxylic acids is 2. The minimum absolute atomic E-state index is 0.138. The summed E-state index contributed by atoms with van der Waals surface area (Å²) < 4.78 is 0. The number of amides is 1. The summed E-state index contributed by atoms with van der Waals surface area (Å²) in [6, 6.07) is -1.32. The van der Waals surface area contributed by atoms with Crippen molar-refractivity contribution in [1.82, 2.24) is 5.32 Å². The lowest BCUT2D eigenvalue weighted by molar-refractivity contribution is -0.147. The van der Waals surface area contributed by atoms with Crippen LogP contribution >= 0.6 is 0 Å². The molecule has 0 heterocycles. The fourth-order valence-corrected chi connectivity index (χ4v) is 1.33. The molecule has 0 aromatic rings. The van der Waals surface area contributed by atoms with Crippen molar-refractivity contribution in [2.45, 2.75) is 31.7 Å². The third-order valence-corrected chi connectivity index (χ3v) is 2.47. The van der Waals surface area contributed by atoms with Gasteiger partial charge in [-0.25, -0.2) is 4.79 Å². The highest BCUT2D eigenvalue weighted by atomic mass is 16.4. The molecular weight excluding hydrogens is 202 g/mol. The molecule has 1 aliphatic carbocycles. The third kappa shape index (κ3) is 3.23. The number of carboxylic acid groups (broad SMARTS) is 2. The van der Waals surface area contributed by atoms with E-state index in [0.29, 0.717) is 0 Å². The third-order valence-electron chi connectivity index (χ3n) is 2.47. The number of hydrogen-bond donors (Lipinski definition) is 3. The topological polar surface area (TPSA) is 104 Å². The van der Waals surface area contributed by atoms with Crippen molar-refractivity contribution in [1.29, 1.82) is 0 Å². The second-order valence-electron chi connectivity index (χ2n) is 3.63. The van der Waals surface area contributed by atoms with Crippen LogP contribution in [0.4, 0.5) is 0 Å². The van der Waals surface area contributed by atoms with Gasteiger partial charge in [0.15, 0.2) is 0 Å². The summed E-state index contributed by atoms with van der Waals surface area (Å²) in [6.45, 7) is 0. The van der Waals surface area contributed by atoms with Crippen molar-refractivity contribution in [3.05, 3.63) is 0 Å². The summed E-state index contributed by atoms with van der Waals surface area (Å²) in [5.41, 5.74) is 0. The highest BCUT2D eigenvalue weighted by molar-refractivity contribution is 5.88. The van der Waals surface area contributed by atoms with Crippen molar-refractivity contribution in [2.24, 2.45) is 5.92 Å². The van der Waals surface area contributed by atoms with E-state index >= 15 is 0 Å². The average Bonchev–Trinajstić information content (AvgIpc) is 1.98. The van der Waals surface area contributed by atoms with E-state index in [1.165, 1.54) is 0 Å². The van der Waals surface area contributed by atoms with E-state index in [1.54, 1.807) is 0 Å². The van der Waals surface area contributed by atoms with Gasteiger partial charge >= 0.3 is 11.9 Å². The van der Waals surface area contributed by atoms with Crippen LogP contribution in [0.15, 0.2) is 0 Å². The number of rotatable bonds is 5. The maximum absolute atomic E-state index is 11.4. The average molecular weight is 215 g/mol. The first-order valence-electron chi connectivity index (χ1n) is 4.75. The first kappa shape index (κ1) is 11.5. The molecule has 1 saturated carbocycles. The Hall–Kier alpha value is -1.59. The van der Waals surface area contributed by atoms with Crippen LogP contribution in [0, 0.1) is 5.92 Å². The Labute approximate surface area is 86.3 Å². The molecule has 0 aromatic heterocycles. The summed E-state index contributed by atoms with van der Waals surface area (Å²) in [7, 11) is 0. The molecule has 1 atom stereocenters. The number of carboxylic acids is 2. The second kappa shape index (κ2) is 4.77. The summed E-state index contributed by atoms with van der Waals surface area (Å²) in [5, 5.41) is 19.3. The molecule has 0 radical (unpaired) electrons. The Bertz CT molecular complexity index is 284. The van der Waals surface area contributed by atoms with Crippen molar-refractivity contribution in [3.8, 4) is 0 Å². The van der Waals surface area contributed by atoms with Crippen LogP contribution in [0.1, 0.15) is 25.7 Å². The second-order valence-corrected chi connectivity index (χ2v) is 3.63. The summed E-state index contributed by atoms with van der Waals surface area (Å²) in [6.07, 6.45) is 1.89. The number of carbonyl (C=O) groups is 3. The highest BCUT2D eigenvalue weighted by Gasteiger charge is 2.30. The van der Waals surface area contributed by atoms with E-state index < -0.39 is 24.4 Å². The zero-order valence-corrected chi connectivity index (χ0v) is 8.10. The SMILES string of the molecule is O=C(O)C[C@@H](NC(=O)C1CCC1)C(=O)O. The fourth-order valence-electron chi connectivity index (χ4n) is 1.33. The normalized spacial score (nSPS) is 17.6. The van der Waals surface area contributed by atoms with Crippen molar-refractivity contribution in [3.63, 3.8) is 0 Å². The number of nitrogens with one attached hydrogen (secondary N) is 1. The smallest absolute Gasteiger partial charge is 0.326 e. The van der Waals surface area contributed by atoms with Crippen LogP contribution < -0.4 is 5.32 Å². The van der Waals surface area contributed by atoms with Gasteiger partial charge in [0.1, 0.15) is 6.04 Å². The molecule has 3 N–H and O–H groups in total. The lowest BCUT2D eigenvalue weighted by Gasteiger charge is -2.25. The monoisotopic (exact) mass is 215 g/mol. The molecule has 1 aliphatic rings. The summed E-state index contributed by atoms with van der Waals surface area (Å²) in [4.78, 5) is 32.3. The van der Waals surface area contributed by atoms with Crippen LogP contribution in [0.25, 0.3) is 0 Å². The zero-order valence-electron chi connectivity index (χ0n) is 8.10. The maximum atomic E-state index is 11.4. The molecule has 6 heteroatoms. The van der Waals surface area contributed by atoms with E-state index in [1.807, 2.05) is 0 Å². The fraction of sp³-hybridized carbons (Fsp3) is 0.667. The number of carbonyl (C=O) groups excluding carboxylic acids is 1. The molecule has 0 saturated heterocycles. The Morgan fingerprint density at radius 1 is 1.27 bits per heavy atom. The van der Waals surface area contributed by atoms with Crippen LogP contribution in [-0.4, -0.2) is 34.1 Å². The van der Waals surface area contributed by atoms with Crippen LogP contribution in [0.2, 0.25) is 0 Å². The lowest BCUT2D eigenvalue weighted by Crippen LogP contribution is -2.46. The van der Waals surface area contributed by atoms with Gasteiger partial charge in [-0.1, -0.05) is 6.42 Å². The molecule has 15 heavy (non-hydrogen) atoms. The molecule has 6 nitrogen and oxygen atoms in total. The predicted molar refractivity (Wildman–Crippen MR) is 49.2 cm³/mol. The van der Waals surface area contributed by atoms with Crippen molar-refractivity contribution < 1.29 is 24.6 Å². The van der Waals surface area contributed by atoms with Gasteiger partial charge in [-0.2, -0.15) is 0 Å². The largest absolute Gasteiger partial charge is 0.481 e. The van der Waals surface area contributed by atoms with Crippen LogP contribution in [-0.2, 0) is 14.4 Å². The van der Waals surface area contributed by atoms with Crippen molar-refractivity contribution >= 4 is 17.8 Å². The summed E-state index contributed by atoms with van der Waals surface area (Å²) >= 11 is 0. The lowest BCUT2D eigenvalue weighted by atomic mass is 9.84. The van der Waals surface area contributed by atoms with Gasteiger partial charge in [-0.3, -0.25) is 9.59 Å². The maximum Gasteiger partial charge on any atom is 0.326 e. The molecular formula is C9H13NO5. The molecule has 1 rings (SSSR count). The van der Waals surface area contributed by atoms with E-state index in [2.05, 4.69) is 5.32 Å². The summed E-state index contributed by atoms with van der Waals surface area (Å²) in [5.74, 6) is -3.04. The van der Waals surface area contributed by atoms with Crippen LogP contribution in [0.5, 0.6) is 0 Å². The van der Waals surface area contributed by atoms with Crippen molar-refractivity contribution in [2.75, 3.05) is 0 Å². The Morgan fingerprint density at radius 2 is 1.87 bits per heavy atom. The van der Waals surface area contributed by atoms with Gasteiger partial charge in [0, 0.05) is 5.92 Å². The highest BCUT2D eigenvalue weighted by Crippen LogP contribution is 2.26. The number of hydrogen-bond acceptors (Lipinski definition) is 3. The molecule has 0 aromatic carbocycles. The van der Waals surface area contributed by atoms with Gasteiger partial charge < -0.3 is 15.5 Å². The first-order valence-corrected chi connectivity index (χ1v) is 4.75. The molecule has 0 bridgehead atoms. The van der Waals surface area contributed by atoms with Gasteiger partial charge in [0.25, 0.3) is 0 Å². The van der Waals surface area contributed by atoms with E-state index in [4.69, 9.17) is 10.2 Å². The van der Waals surface area contributed by atoms with E-state index in [0.717, 1.165) is 19.3 Å². The van der Waals surface area contributed by atoms with E-state index in [-0.39, 0.29) is 11.8 Å². The van der Waals surface area contributed by atoms with Gasteiger partial charge in [0.05, 0.1) is 6.42 Å². The van der Waals surface area contributed by atoms with Gasteiger partial charge in [-0.15, -0.1) is 0 Å². The predicted octanol–water partition coefficient (Wildman–Crippen LogP) is -0.169. The molecule has 0 spiro atoms. The molecule has 0 aliphatic heterocycles. The van der Waals surface area contributed by atoms with Gasteiger partial charge in [0.2, 0.25) is 5.91 Å². The molecule has 1 fully saturated rings. The van der Waals surface area contributed by atoms with Crippen LogP contribution in [0.3, 0.4) is 0 Å². The molecule has 1 amide bonds.